The number of hydrogen-bond donors (Lipinski definition) is 1. The smallest absolute Gasteiger partial charge is 0.340 e. The van der Waals surface area contributed by atoms with Gasteiger partial charge in [-0.2, -0.15) is 0 Å². The van der Waals surface area contributed by atoms with Crippen molar-refractivity contribution >= 4 is 23.5 Å². The minimum Gasteiger partial charge on any atom is -0.493 e. The van der Waals surface area contributed by atoms with Crippen molar-refractivity contribution in [3.05, 3.63) is 41.9 Å². The summed E-state index contributed by atoms with van der Waals surface area (Å²) in [5, 5.41) is 2.67. The van der Waals surface area contributed by atoms with Crippen LogP contribution in [0.15, 0.2) is 34.9 Å². The number of nitrogens with zero attached hydrogens (tertiary/aromatic N) is 1. The number of carbonyl (C=O) groups is 3. The molecule has 0 saturated carbocycles. The predicted octanol–water partition coefficient (Wildman–Crippen LogP) is 2.71. The lowest BCUT2D eigenvalue weighted by atomic mass is 10.1. The fourth-order valence-corrected chi connectivity index (χ4v) is 2.47. The van der Waals surface area contributed by atoms with Crippen molar-refractivity contribution in [2.24, 2.45) is 5.92 Å². The third-order valence-corrected chi connectivity index (χ3v) is 4.25. The summed E-state index contributed by atoms with van der Waals surface area (Å²) >= 11 is 0. The van der Waals surface area contributed by atoms with Crippen LogP contribution in [0.1, 0.15) is 30.0 Å². The van der Waals surface area contributed by atoms with Gasteiger partial charge in [0, 0.05) is 25.1 Å². The van der Waals surface area contributed by atoms with Crippen LogP contribution in [0.5, 0.6) is 11.5 Å². The van der Waals surface area contributed by atoms with E-state index in [9.17, 15) is 14.4 Å². The molecule has 0 unspecified atom stereocenters. The van der Waals surface area contributed by atoms with Crippen molar-refractivity contribution in [1.29, 1.82) is 0 Å². The molecule has 162 valence electrons. The average Bonchev–Trinajstić information content (AvgIpc) is 3.24. The number of benzene rings is 1. The van der Waals surface area contributed by atoms with E-state index in [2.05, 4.69) is 5.32 Å². The second-order valence-electron chi connectivity index (χ2n) is 6.80. The summed E-state index contributed by atoms with van der Waals surface area (Å²) in [5.74, 6) is -0.557. The molecule has 0 spiro atoms. The fraction of sp³-hybridized carbons (Fsp3) is 0.381. The Hall–Kier alpha value is -3.49. The van der Waals surface area contributed by atoms with Gasteiger partial charge in [0.05, 0.1) is 38.3 Å². The first kappa shape index (κ1) is 22.8. The second kappa shape index (κ2) is 10.3. The molecular weight excluding hydrogens is 392 g/mol. The summed E-state index contributed by atoms with van der Waals surface area (Å²) in [6, 6.07) is 6.33. The molecule has 1 heterocycles. The second-order valence-corrected chi connectivity index (χ2v) is 6.80. The van der Waals surface area contributed by atoms with Crippen molar-refractivity contribution in [1.82, 2.24) is 4.90 Å². The summed E-state index contributed by atoms with van der Waals surface area (Å²) in [6.45, 7) is 3.22. The highest BCUT2D eigenvalue weighted by molar-refractivity contribution is 6.03. The number of likely N-dealkylation sites (N-methyl/N-ethyl adjacent to an activating group) is 1. The van der Waals surface area contributed by atoms with Crippen LogP contribution in [-0.2, 0) is 20.9 Å². The van der Waals surface area contributed by atoms with Crippen LogP contribution in [0.4, 0.5) is 5.69 Å². The normalized spacial score (nSPS) is 10.5. The molecule has 0 radical (unpaired) electrons. The minimum absolute atomic E-state index is 0.0446. The van der Waals surface area contributed by atoms with E-state index < -0.39 is 18.5 Å². The Labute approximate surface area is 174 Å². The Morgan fingerprint density at radius 3 is 2.37 bits per heavy atom. The zero-order valence-electron chi connectivity index (χ0n) is 17.7. The SMILES string of the molecule is COc1cc(NC(=O)C(C)C)c(C(=O)OCC(=O)N(C)Cc2ccco2)cc1OC. The van der Waals surface area contributed by atoms with Gasteiger partial charge in [-0.3, -0.25) is 9.59 Å². The number of methoxy groups -OCH3 is 2. The number of hydrogen-bond acceptors (Lipinski definition) is 7. The van der Waals surface area contributed by atoms with Gasteiger partial charge in [0.25, 0.3) is 5.91 Å². The number of furan rings is 1. The number of carbonyl (C=O) groups excluding carboxylic acids is 3. The van der Waals surface area contributed by atoms with E-state index in [1.54, 1.807) is 33.0 Å². The van der Waals surface area contributed by atoms with Gasteiger partial charge in [-0.25, -0.2) is 4.79 Å². The van der Waals surface area contributed by atoms with Crippen LogP contribution >= 0.6 is 0 Å². The first-order valence-corrected chi connectivity index (χ1v) is 9.27. The van der Waals surface area contributed by atoms with Gasteiger partial charge < -0.3 is 28.8 Å². The first-order chi connectivity index (χ1) is 14.3. The highest BCUT2D eigenvalue weighted by Gasteiger charge is 2.22. The largest absolute Gasteiger partial charge is 0.493 e. The highest BCUT2D eigenvalue weighted by atomic mass is 16.5. The maximum Gasteiger partial charge on any atom is 0.340 e. The Bertz CT molecular complexity index is 891. The fourth-order valence-electron chi connectivity index (χ4n) is 2.47. The molecular formula is C21H26N2O7. The Balaban J connectivity index is 2.15. The summed E-state index contributed by atoms with van der Waals surface area (Å²) in [6.07, 6.45) is 1.51. The average molecular weight is 418 g/mol. The van der Waals surface area contributed by atoms with E-state index in [-0.39, 0.29) is 35.4 Å². The van der Waals surface area contributed by atoms with E-state index in [0.717, 1.165) is 0 Å². The monoisotopic (exact) mass is 418 g/mol. The van der Waals surface area contributed by atoms with E-state index in [1.807, 2.05) is 0 Å². The molecule has 9 heteroatoms. The van der Waals surface area contributed by atoms with Gasteiger partial charge in [0.2, 0.25) is 5.91 Å². The molecule has 0 aliphatic carbocycles. The van der Waals surface area contributed by atoms with Crippen LogP contribution in [0.25, 0.3) is 0 Å². The van der Waals surface area contributed by atoms with Gasteiger partial charge in [0.15, 0.2) is 18.1 Å². The van der Waals surface area contributed by atoms with E-state index in [4.69, 9.17) is 18.6 Å². The van der Waals surface area contributed by atoms with Crippen LogP contribution in [0.2, 0.25) is 0 Å². The van der Waals surface area contributed by atoms with Crippen molar-refractivity contribution in [2.75, 3.05) is 33.2 Å². The third-order valence-electron chi connectivity index (χ3n) is 4.25. The summed E-state index contributed by atoms with van der Waals surface area (Å²) in [4.78, 5) is 38.5. The highest BCUT2D eigenvalue weighted by Crippen LogP contribution is 2.34. The minimum atomic E-state index is -0.783. The lowest BCUT2D eigenvalue weighted by molar-refractivity contribution is -0.134. The van der Waals surface area contributed by atoms with Gasteiger partial charge in [-0.05, 0) is 12.1 Å². The zero-order chi connectivity index (χ0) is 22.3. The summed E-state index contributed by atoms with van der Waals surface area (Å²) < 4.78 is 20.8. The topological polar surface area (TPSA) is 107 Å². The number of rotatable bonds is 9. The Morgan fingerprint density at radius 1 is 1.13 bits per heavy atom. The first-order valence-electron chi connectivity index (χ1n) is 9.27. The zero-order valence-corrected chi connectivity index (χ0v) is 17.7. The molecule has 2 amide bonds. The quantitative estimate of drug-likeness (QED) is 0.624. The third kappa shape index (κ3) is 5.76. The summed E-state index contributed by atoms with van der Waals surface area (Å²) in [5.41, 5.74) is 0.246. The molecule has 2 rings (SSSR count). The molecule has 9 nitrogen and oxygen atoms in total. The molecule has 2 aromatic rings. The van der Waals surface area contributed by atoms with Crippen molar-refractivity contribution in [3.8, 4) is 11.5 Å². The number of esters is 1. The molecule has 0 aliphatic rings. The van der Waals surface area contributed by atoms with Crippen LogP contribution in [0, 0.1) is 5.92 Å². The maximum absolute atomic E-state index is 12.7. The van der Waals surface area contributed by atoms with Crippen LogP contribution < -0.4 is 14.8 Å². The van der Waals surface area contributed by atoms with Gasteiger partial charge in [0.1, 0.15) is 5.76 Å². The molecule has 0 bridgehead atoms. The van der Waals surface area contributed by atoms with Crippen LogP contribution in [-0.4, -0.2) is 50.6 Å². The molecule has 0 atom stereocenters. The van der Waals surface area contributed by atoms with E-state index >= 15 is 0 Å². The molecule has 30 heavy (non-hydrogen) atoms. The molecule has 1 N–H and O–H groups in total. The molecule has 0 aliphatic heterocycles. The standard InChI is InChI=1S/C21H26N2O7/c1-13(2)20(25)22-16-10-18(28-5)17(27-4)9-15(16)21(26)30-12-19(24)23(3)11-14-7-6-8-29-14/h6-10,13H,11-12H2,1-5H3,(H,22,25). The van der Waals surface area contributed by atoms with Crippen molar-refractivity contribution in [3.63, 3.8) is 0 Å². The molecule has 0 fully saturated rings. The lowest BCUT2D eigenvalue weighted by Crippen LogP contribution is -2.31. The predicted molar refractivity (Wildman–Crippen MR) is 108 cm³/mol. The Morgan fingerprint density at radius 2 is 1.80 bits per heavy atom. The number of nitrogens with one attached hydrogen (secondary N) is 1. The number of ether oxygens (including phenoxy) is 3. The van der Waals surface area contributed by atoms with Crippen molar-refractivity contribution < 1.29 is 33.0 Å². The number of anilines is 1. The van der Waals surface area contributed by atoms with Crippen LogP contribution in [0.3, 0.4) is 0 Å². The number of amides is 2. The van der Waals surface area contributed by atoms with E-state index in [1.165, 1.54) is 37.5 Å². The Kier molecular flexibility index (Phi) is 7.85. The van der Waals surface area contributed by atoms with Gasteiger partial charge >= 0.3 is 5.97 Å². The van der Waals surface area contributed by atoms with Gasteiger partial charge in [-0.15, -0.1) is 0 Å². The summed E-state index contributed by atoms with van der Waals surface area (Å²) in [7, 11) is 4.44. The molecule has 0 saturated heterocycles. The van der Waals surface area contributed by atoms with Gasteiger partial charge in [-0.1, -0.05) is 13.8 Å². The van der Waals surface area contributed by atoms with E-state index in [0.29, 0.717) is 11.5 Å². The maximum atomic E-state index is 12.7. The molecule has 1 aromatic carbocycles. The lowest BCUT2D eigenvalue weighted by Gasteiger charge is -2.18. The molecule has 1 aromatic heterocycles. The van der Waals surface area contributed by atoms with Crippen molar-refractivity contribution in [2.45, 2.75) is 20.4 Å².